The van der Waals surface area contributed by atoms with Crippen molar-refractivity contribution in [1.82, 2.24) is 9.97 Å². The van der Waals surface area contributed by atoms with E-state index in [4.69, 9.17) is 4.42 Å². The monoisotopic (exact) mass is 253 g/mol. The summed E-state index contributed by atoms with van der Waals surface area (Å²) in [5.41, 5.74) is 4.02. The minimum atomic E-state index is 0.755. The first kappa shape index (κ1) is 11.7. The lowest BCUT2D eigenvalue weighted by Crippen LogP contribution is -1.98. The summed E-state index contributed by atoms with van der Waals surface area (Å²) in [5, 5.41) is 4.18. The highest BCUT2D eigenvalue weighted by molar-refractivity contribution is 5.85. The van der Waals surface area contributed by atoms with Gasteiger partial charge in [0.2, 0.25) is 0 Å². The number of anilines is 1. The van der Waals surface area contributed by atoms with Crippen molar-refractivity contribution in [2.75, 3.05) is 12.4 Å². The van der Waals surface area contributed by atoms with E-state index in [1.165, 1.54) is 0 Å². The number of hydrogen-bond donors (Lipinski definition) is 1. The fourth-order valence-electron chi connectivity index (χ4n) is 2.16. The lowest BCUT2D eigenvalue weighted by atomic mass is 10.1. The Morgan fingerprint density at radius 1 is 1.11 bits per heavy atom. The molecule has 0 amide bonds. The van der Waals surface area contributed by atoms with Crippen LogP contribution in [-0.2, 0) is 0 Å². The molecule has 0 atom stereocenters. The van der Waals surface area contributed by atoms with Gasteiger partial charge in [0.1, 0.15) is 17.2 Å². The highest BCUT2D eigenvalue weighted by Crippen LogP contribution is 2.27. The van der Waals surface area contributed by atoms with Gasteiger partial charge in [-0.05, 0) is 37.6 Å². The van der Waals surface area contributed by atoms with Crippen molar-refractivity contribution in [3.8, 4) is 11.3 Å². The standard InChI is InChI=1S/C15H15N3O/c1-9-8-19-14-5-4-11(6-12(9)14)13-7-15(16-3)18-10(2)17-13/h4-8H,1-3H3,(H,16,17,18). The number of furan rings is 1. The number of benzene rings is 1. The Balaban J connectivity index is 2.17. The van der Waals surface area contributed by atoms with Crippen LogP contribution in [0.3, 0.4) is 0 Å². The Kier molecular flexibility index (Phi) is 2.71. The van der Waals surface area contributed by atoms with Crippen molar-refractivity contribution in [2.24, 2.45) is 0 Å². The summed E-state index contributed by atoms with van der Waals surface area (Å²) in [6.07, 6.45) is 1.78. The van der Waals surface area contributed by atoms with Crippen LogP contribution in [-0.4, -0.2) is 17.0 Å². The molecule has 0 saturated carbocycles. The average molecular weight is 253 g/mol. The van der Waals surface area contributed by atoms with Crippen LogP contribution in [0.2, 0.25) is 0 Å². The van der Waals surface area contributed by atoms with Crippen LogP contribution in [0.1, 0.15) is 11.4 Å². The first-order valence-corrected chi connectivity index (χ1v) is 6.19. The van der Waals surface area contributed by atoms with Gasteiger partial charge in [0, 0.05) is 24.1 Å². The topological polar surface area (TPSA) is 51.0 Å². The number of aromatic nitrogens is 2. The van der Waals surface area contributed by atoms with Crippen LogP contribution in [0, 0.1) is 13.8 Å². The molecule has 0 bridgehead atoms. The SMILES string of the molecule is CNc1cc(-c2ccc3occ(C)c3c2)nc(C)n1. The van der Waals surface area contributed by atoms with Crippen LogP contribution in [0.25, 0.3) is 22.2 Å². The average Bonchev–Trinajstić information content (AvgIpc) is 2.79. The van der Waals surface area contributed by atoms with Gasteiger partial charge in [-0.3, -0.25) is 0 Å². The largest absolute Gasteiger partial charge is 0.464 e. The molecule has 0 saturated heterocycles. The molecule has 0 unspecified atom stereocenters. The number of fused-ring (bicyclic) bond motifs is 1. The van der Waals surface area contributed by atoms with Crippen LogP contribution >= 0.6 is 0 Å². The number of hydrogen-bond acceptors (Lipinski definition) is 4. The minimum absolute atomic E-state index is 0.755. The Hall–Kier alpha value is -2.36. The molecule has 19 heavy (non-hydrogen) atoms. The molecule has 3 aromatic rings. The molecule has 3 rings (SSSR count). The molecule has 0 aliphatic carbocycles. The molecule has 0 aliphatic heterocycles. The smallest absolute Gasteiger partial charge is 0.134 e. The maximum Gasteiger partial charge on any atom is 0.134 e. The lowest BCUT2D eigenvalue weighted by Gasteiger charge is -2.06. The fraction of sp³-hybridized carbons (Fsp3) is 0.200. The summed E-state index contributed by atoms with van der Waals surface area (Å²) in [5.74, 6) is 1.58. The van der Waals surface area contributed by atoms with E-state index in [1.807, 2.05) is 39.1 Å². The molecule has 0 aliphatic rings. The summed E-state index contributed by atoms with van der Waals surface area (Å²) < 4.78 is 5.46. The molecule has 1 aromatic carbocycles. The molecule has 0 fully saturated rings. The summed E-state index contributed by atoms with van der Waals surface area (Å²) >= 11 is 0. The Labute approximate surface area is 111 Å². The second-order valence-corrected chi connectivity index (χ2v) is 4.57. The van der Waals surface area contributed by atoms with Gasteiger partial charge in [-0.15, -0.1) is 0 Å². The molecule has 2 aromatic heterocycles. The third-order valence-corrected chi connectivity index (χ3v) is 3.16. The highest BCUT2D eigenvalue weighted by atomic mass is 16.3. The van der Waals surface area contributed by atoms with Crippen LogP contribution in [0.4, 0.5) is 5.82 Å². The molecular formula is C15H15N3O. The molecule has 0 spiro atoms. The van der Waals surface area contributed by atoms with Crippen molar-refractivity contribution < 1.29 is 4.42 Å². The highest BCUT2D eigenvalue weighted by Gasteiger charge is 2.07. The fourth-order valence-corrected chi connectivity index (χ4v) is 2.16. The van der Waals surface area contributed by atoms with Gasteiger partial charge in [0.15, 0.2) is 0 Å². The van der Waals surface area contributed by atoms with E-state index >= 15 is 0 Å². The number of nitrogens with one attached hydrogen (secondary N) is 1. The summed E-state index contributed by atoms with van der Waals surface area (Å²) in [6, 6.07) is 8.06. The molecule has 96 valence electrons. The summed E-state index contributed by atoms with van der Waals surface area (Å²) in [4.78, 5) is 8.80. The van der Waals surface area contributed by atoms with Gasteiger partial charge >= 0.3 is 0 Å². The second kappa shape index (κ2) is 4.39. The molecule has 1 N–H and O–H groups in total. The van der Waals surface area contributed by atoms with E-state index in [0.717, 1.165) is 39.4 Å². The van der Waals surface area contributed by atoms with Crippen molar-refractivity contribution in [3.63, 3.8) is 0 Å². The predicted octanol–water partition coefficient (Wildman–Crippen LogP) is 3.55. The van der Waals surface area contributed by atoms with Crippen molar-refractivity contribution in [2.45, 2.75) is 13.8 Å². The van der Waals surface area contributed by atoms with E-state index in [0.29, 0.717) is 0 Å². The normalized spacial score (nSPS) is 10.9. The zero-order chi connectivity index (χ0) is 13.4. The van der Waals surface area contributed by atoms with E-state index in [2.05, 4.69) is 21.4 Å². The second-order valence-electron chi connectivity index (χ2n) is 4.57. The number of rotatable bonds is 2. The third-order valence-electron chi connectivity index (χ3n) is 3.16. The van der Waals surface area contributed by atoms with Crippen molar-refractivity contribution >= 4 is 16.8 Å². The van der Waals surface area contributed by atoms with Gasteiger partial charge in [-0.1, -0.05) is 0 Å². The van der Waals surface area contributed by atoms with Crippen LogP contribution in [0.5, 0.6) is 0 Å². The first-order chi connectivity index (χ1) is 9.17. The number of nitrogens with zero attached hydrogens (tertiary/aromatic N) is 2. The Morgan fingerprint density at radius 2 is 1.95 bits per heavy atom. The predicted molar refractivity (Wildman–Crippen MR) is 76.3 cm³/mol. The van der Waals surface area contributed by atoms with E-state index in [9.17, 15) is 0 Å². The zero-order valence-corrected chi connectivity index (χ0v) is 11.2. The molecule has 4 nitrogen and oxygen atoms in total. The van der Waals surface area contributed by atoms with Gasteiger partial charge < -0.3 is 9.73 Å². The quantitative estimate of drug-likeness (QED) is 0.758. The molecule has 2 heterocycles. The Morgan fingerprint density at radius 3 is 2.74 bits per heavy atom. The molecular weight excluding hydrogens is 238 g/mol. The summed E-state index contributed by atoms with van der Waals surface area (Å²) in [6.45, 7) is 3.94. The van der Waals surface area contributed by atoms with Gasteiger partial charge in [-0.25, -0.2) is 9.97 Å². The van der Waals surface area contributed by atoms with E-state index in [-0.39, 0.29) is 0 Å². The van der Waals surface area contributed by atoms with E-state index in [1.54, 1.807) is 6.26 Å². The molecule has 4 heteroatoms. The van der Waals surface area contributed by atoms with Gasteiger partial charge in [0.05, 0.1) is 12.0 Å². The van der Waals surface area contributed by atoms with Crippen LogP contribution < -0.4 is 5.32 Å². The third kappa shape index (κ3) is 2.05. The van der Waals surface area contributed by atoms with Crippen molar-refractivity contribution in [3.05, 3.63) is 41.9 Å². The van der Waals surface area contributed by atoms with Crippen LogP contribution in [0.15, 0.2) is 34.9 Å². The Bertz CT molecular complexity index is 746. The maximum atomic E-state index is 5.46. The lowest BCUT2D eigenvalue weighted by molar-refractivity contribution is 0.613. The molecule has 0 radical (unpaired) electrons. The van der Waals surface area contributed by atoms with E-state index < -0.39 is 0 Å². The maximum absolute atomic E-state index is 5.46. The van der Waals surface area contributed by atoms with Gasteiger partial charge in [-0.2, -0.15) is 0 Å². The van der Waals surface area contributed by atoms with Crippen molar-refractivity contribution in [1.29, 1.82) is 0 Å². The number of aryl methyl sites for hydroxylation is 2. The zero-order valence-electron chi connectivity index (χ0n) is 11.2. The first-order valence-electron chi connectivity index (χ1n) is 6.19. The van der Waals surface area contributed by atoms with Gasteiger partial charge in [0.25, 0.3) is 0 Å². The summed E-state index contributed by atoms with van der Waals surface area (Å²) in [7, 11) is 1.86. The minimum Gasteiger partial charge on any atom is -0.464 e.